The van der Waals surface area contributed by atoms with E-state index in [1.54, 1.807) is 0 Å². The fourth-order valence-corrected chi connectivity index (χ4v) is 3.48. The van der Waals surface area contributed by atoms with Gasteiger partial charge >= 0.3 is 0 Å². The SMILES string of the molecule is Cc1cc(C(=O)NCC(N)C2CC2)c(C)n1C(C)c1ccccc1. The maximum atomic E-state index is 12.6. The van der Waals surface area contributed by atoms with Crippen LogP contribution < -0.4 is 11.1 Å². The Labute approximate surface area is 144 Å². The summed E-state index contributed by atoms with van der Waals surface area (Å²) in [4.78, 5) is 12.6. The van der Waals surface area contributed by atoms with Crippen LogP contribution in [0.5, 0.6) is 0 Å². The highest BCUT2D eigenvalue weighted by Crippen LogP contribution is 2.31. The fraction of sp³-hybridized carbons (Fsp3) is 0.450. The normalized spacial score (nSPS) is 16.7. The van der Waals surface area contributed by atoms with Gasteiger partial charge in [-0.1, -0.05) is 30.3 Å². The molecule has 4 heteroatoms. The van der Waals surface area contributed by atoms with Gasteiger partial charge in [0.25, 0.3) is 5.91 Å². The molecule has 1 aromatic carbocycles. The summed E-state index contributed by atoms with van der Waals surface area (Å²) in [7, 11) is 0. The average Bonchev–Trinajstić information content (AvgIpc) is 3.39. The lowest BCUT2D eigenvalue weighted by molar-refractivity contribution is 0.0949. The fourth-order valence-electron chi connectivity index (χ4n) is 3.48. The van der Waals surface area contributed by atoms with Gasteiger partial charge in [0.05, 0.1) is 11.6 Å². The zero-order valence-corrected chi connectivity index (χ0v) is 14.8. The Morgan fingerprint density at radius 3 is 2.58 bits per heavy atom. The van der Waals surface area contributed by atoms with Gasteiger partial charge in [0.15, 0.2) is 0 Å². The van der Waals surface area contributed by atoms with Crippen molar-refractivity contribution in [1.29, 1.82) is 0 Å². The van der Waals surface area contributed by atoms with Crippen molar-refractivity contribution in [1.82, 2.24) is 9.88 Å². The summed E-state index contributed by atoms with van der Waals surface area (Å²) in [6, 6.07) is 12.6. The minimum Gasteiger partial charge on any atom is -0.350 e. The average molecular weight is 325 g/mol. The van der Waals surface area contributed by atoms with Gasteiger partial charge in [0.1, 0.15) is 0 Å². The van der Waals surface area contributed by atoms with Crippen molar-refractivity contribution in [3.63, 3.8) is 0 Å². The molecule has 1 heterocycles. The highest BCUT2D eigenvalue weighted by molar-refractivity contribution is 5.95. The second-order valence-electron chi connectivity index (χ2n) is 6.95. The molecule has 128 valence electrons. The maximum absolute atomic E-state index is 12.6. The third-order valence-electron chi connectivity index (χ3n) is 5.12. The molecule has 4 nitrogen and oxygen atoms in total. The molecule has 1 saturated carbocycles. The molecule has 1 amide bonds. The van der Waals surface area contributed by atoms with E-state index in [-0.39, 0.29) is 18.0 Å². The second-order valence-corrected chi connectivity index (χ2v) is 6.95. The van der Waals surface area contributed by atoms with E-state index >= 15 is 0 Å². The van der Waals surface area contributed by atoms with Crippen molar-refractivity contribution >= 4 is 5.91 Å². The number of carbonyl (C=O) groups is 1. The molecule has 3 N–H and O–H groups in total. The van der Waals surface area contributed by atoms with Crippen molar-refractivity contribution in [3.05, 3.63) is 58.9 Å². The molecule has 2 atom stereocenters. The molecule has 0 radical (unpaired) electrons. The second kappa shape index (κ2) is 6.81. The summed E-state index contributed by atoms with van der Waals surface area (Å²) in [6.07, 6.45) is 2.39. The lowest BCUT2D eigenvalue weighted by Crippen LogP contribution is -2.38. The van der Waals surface area contributed by atoms with Crippen LogP contribution in [-0.2, 0) is 0 Å². The summed E-state index contributed by atoms with van der Waals surface area (Å²) in [6.45, 7) is 6.79. The highest BCUT2D eigenvalue weighted by atomic mass is 16.1. The van der Waals surface area contributed by atoms with E-state index in [1.165, 1.54) is 18.4 Å². The quantitative estimate of drug-likeness (QED) is 0.857. The van der Waals surface area contributed by atoms with Crippen molar-refractivity contribution in [3.8, 4) is 0 Å². The van der Waals surface area contributed by atoms with Crippen molar-refractivity contribution in [2.75, 3.05) is 6.54 Å². The predicted octanol–water partition coefficient (Wildman–Crippen LogP) is 3.18. The first kappa shape index (κ1) is 16.8. The summed E-state index contributed by atoms with van der Waals surface area (Å²) >= 11 is 0. The number of hydrogen-bond acceptors (Lipinski definition) is 2. The predicted molar refractivity (Wildman–Crippen MR) is 97.2 cm³/mol. The largest absolute Gasteiger partial charge is 0.350 e. The van der Waals surface area contributed by atoms with Crippen molar-refractivity contribution < 1.29 is 4.79 Å². The topological polar surface area (TPSA) is 60.1 Å². The first-order valence-corrected chi connectivity index (χ1v) is 8.76. The Morgan fingerprint density at radius 1 is 1.29 bits per heavy atom. The van der Waals surface area contributed by atoms with Crippen LogP contribution in [0.25, 0.3) is 0 Å². The Bertz CT molecular complexity index is 716. The standard InChI is InChI=1S/C20H27N3O/c1-13-11-18(20(24)22-12-19(21)17-9-10-17)15(3)23(13)14(2)16-7-5-4-6-8-16/h4-8,11,14,17,19H,9-10,12,21H2,1-3H3,(H,22,24). The van der Waals surface area contributed by atoms with Gasteiger partial charge in [-0.25, -0.2) is 0 Å². The molecule has 0 spiro atoms. The summed E-state index contributed by atoms with van der Waals surface area (Å²) in [5, 5.41) is 3.00. The number of rotatable bonds is 6. The molecule has 1 fully saturated rings. The third kappa shape index (κ3) is 3.39. The molecular formula is C20H27N3O. The van der Waals surface area contributed by atoms with Crippen molar-refractivity contribution in [2.24, 2.45) is 11.7 Å². The minimum absolute atomic E-state index is 0.0225. The number of carbonyl (C=O) groups excluding carboxylic acids is 1. The van der Waals surface area contributed by atoms with Gasteiger partial charge in [-0.2, -0.15) is 0 Å². The number of aryl methyl sites for hydroxylation is 1. The molecule has 1 aliphatic rings. The number of benzene rings is 1. The van der Waals surface area contributed by atoms with Crippen LogP contribution in [-0.4, -0.2) is 23.1 Å². The monoisotopic (exact) mass is 325 g/mol. The van der Waals surface area contributed by atoms with Crippen molar-refractivity contribution in [2.45, 2.75) is 45.7 Å². The van der Waals surface area contributed by atoms with Crippen LogP contribution in [0.4, 0.5) is 0 Å². The number of amides is 1. The van der Waals surface area contributed by atoms with Gasteiger partial charge in [-0.05, 0) is 51.2 Å². The smallest absolute Gasteiger partial charge is 0.253 e. The number of hydrogen-bond donors (Lipinski definition) is 2. The van der Waals surface area contributed by atoms with Gasteiger partial charge < -0.3 is 15.6 Å². The van der Waals surface area contributed by atoms with E-state index in [0.717, 1.165) is 17.0 Å². The Balaban J connectivity index is 1.77. The Hall–Kier alpha value is -2.07. The lowest BCUT2D eigenvalue weighted by atomic mass is 10.1. The molecule has 0 bridgehead atoms. The highest BCUT2D eigenvalue weighted by Gasteiger charge is 2.29. The number of nitrogens with two attached hydrogens (primary N) is 1. The number of nitrogens with one attached hydrogen (secondary N) is 1. The Kier molecular flexibility index (Phi) is 4.76. The molecule has 24 heavy (non-hydrogen) atoms. The molecule has 1 aliphatic carbocycles. The molecule has 3 rings (SSSR count). The van der Waals surface area contributed by atoms with Crippen LogP contribution in [0.2, 0.25) is 0 Å². The van der Waals surface area contributed by atoms with E-state index in [2.05, 4.69) is 35.9 Å². The van der Waals surface area contributed by atoms with Gasteiger partial charge in [0, 0.05) is 24.0 Å². The summed E-state index contributed by atoms with van der Waals surface area (Å²) in [5.41, 5.74) is 10.2. The van der Waals surface area contributed by atoms with Crippen LogP contribution in [0, 0.1) is 19.8 Å². The maximum Gasteiger partial charge on any atom is 0.253 e. The third-order valence-corrected chi connectivity index (χ3v) is 5.12. The van der Waals surface area contributed by atoms with E-state index < -0.39 is 0 Å². The summed E-state index contributed by atoms with van der Waals surface area (Å²) < 4.78 is 2.23. The molecule has 2 unspecified atom stereocenters. The summed E-state index contributed by atoms with van der Waals surface area (Å²) in [5.74, 6) is 0.571. The number of aromatic nitrogens is 1. The molecule has 1 aromatic heterocycles. The first-order valence-electron chi connectivity index (χ1n) is 8.76. The van der Waals surface area contributed by atoms with Crippen LogP contribution in [0.3, 0.4) is 0 Å². The van der Waals surface area contributed by atoms with Crippen LogP contribution in [0.1, 0.15) is 53.1 Å². The Morgan fingerprint density at radius 2 is 1.96 bits per heavy atom. The minimum atomic E-state index is -0.0225. The zero-order chi connectivity index (χ0) is 17.3. The zero-order valence-electron chi connectivity index (χ0n) is 14.8. The molecule has 0 aliphatic heterocycles. The molecule has 2 aromatic rings. The van der Waals surface area contributed by atoms with Gasteiger partial charge in [-0.15, -0.1) is 0 Å². The lowest BCUT2D eigenvalue weighted by Gasteiger charge is -2.19. The van der Waals surface area contributed by atoms with Crippen LogP contribution in [0.15, 0.2) is 36.4 Å². The number of nitrogens with zero attached hydrogens (tertiary/aromatic N) is 1. The molecular weight excluding hydrogens is 298 g/mol. The van der Waals surface area contributed by atoms with Gasteiger partial charge in [-0.3, -0.25) is 4.79 Å². The molecule has 0 saturated heterocycles. The van der Waals surface area contributed by atoms with E-state index in [9.17, 15) is 4.79 Å². The first-order chi connectivity index (χ1) is 11.5. The van der Waals surface area contributed by atoms with E-state index in [4.69, 9.17) is 5.73 Å². The van der Waals surface area contributed by atoms with E-state index in [0.29, 0.717) is 12.5 Å². The van der Waals surface area contributed by atoms with Gasteiger partial charge in [0.2, 0.25) is 0 Å². The van der Waals surface area contributed by atoms with Crippen LogP contribution >= 0.6 is 0 Å². The van der Waals surface area contributed by atoms with E-state index in [1.807, 2.05) is 31.2 Å².